The van der Waals surface area contributed by atoms with Crippen molar-refractivity contribution in [1.29, 1.82) is 0 Å². The van der Waals surface area contributed by atoms with Gasteiger partial charge in [0, 0.05) is 11.4 Å². The lowest BCUT2D eigenvalue weighted by Crippen LogP contribution is -2.22. The van der Waals surface area contributed by atoms with E-state index in [1.54, 1.807) is 6.07 Å². The monoisotopic (exact) mass is 285 g/mol. The van der Waals surface area contributed by atoms with Gasteiger partial charge in [-0.1, -0.05) is 62.4 Å². The predicted octanol–water partition coefficient (Wildman–Crippen LogP) is 5.34. The molecule has 0 saturated heterocycles. The lowest BCUT2D eigenvalue weighted by molar-refractivity contribution is 0.328. The van der Waals surface area contributed by atoms with Crippen LogP contribution in [0, 0.1) is 11.7 Å². The van der Waals surface area contributed by atoms with E-state index >= 15 is 0 Å². The summed E-state index contributed by atoms with van der Waals surface area (Å²) >= 11 is 0. The lowest BCUT2D eigenvalue weighted by atomic mass is 9.82. The van der Waals surface area contributed by atoms with Gasteiger partial charge in [0.25, 0.3) is 0 Å². The van der Waals surface area contributed by atoms with Crippen molar-refractivity contribution in [2.45, 2.75) is 51.0 Å². The lowest BCUT2D eigenvalue weighted by Gasteiger charge is -2.27. The highest BCUT2D eigenvalue weighted by Gasteiger charge is 2.22. The number of halogens is 1. The van der Waals surface area contributed by atoms with Crippen LogP contribution in [0.25, 0.3) is 10.8 Å². The van der Waals surface area contributed by atoms with Gasteiger partial charge in [-0.05, 0) is 35.8 Å². The molecule has 2 aromatic rings. The Hall–Kier alpha value is -1.41. The largest absolute Gasteiger partial charge is 0.324 e. The molecule has 0 bridgehead atoms. The molecule has 21 heavy (non-hydrogen) atoms. The van der Waals surface area contributed by atoms with E-state index in [1.807, 2.05) is 30.3 Å². The van der Waals surface area contributed by atoms with E-state index in [1.165, 1.54) is 44.9 Å². The fraction of sp³-hybridized carbons (Fsp3) is 0.474. The van der Waals surface area contributed by atoms with Crippen LogP contribution in [0.4, 0.5) is 4.39 Å². The van der Waals surface area contributed by atoms with Gasteiger partial charge in [0.2, 0.25) is 0 Å². The second kappa shape index (κ2) is 6.57. The highest BCUT2D eigenvalue weighted by molar-refractivity contribution is 5.86. The summed E-state index contributed by atoms with van der Waals surface area (Å²) in [6, 6.07) is 11.2. The van der Waals surface area contributed by atoms with Crippen molar-refractivity contribution in [3.8, 4) is 0 Å². The fourth-order valence-electron chi connectivity index (χ4n) is 3.68. The van der Waals surface area contributed by atoms with E-state index in [4.69, 9.17) is 5.73 Å². The maximum Gasteiger partial charge on any atom is 0.131 e. The van der Waals surface area contributed by atoms with Crippen LogP contribution in [0.5, 0.6) is 0 Å². The normalized spacial score (nSPS) is 19.1. The Balaban J connectivity index is 1.93. The first-order valence-electron chi connectivity index (χ1n) is 8.20. The summed E-state index contributed by atoms with van der Waals surface area (Å²) in [5.41, 5.74) is 7.69. The number of hydrogen-bond donors (Lipinski definition) is 1. The molecule has 0 radical (unpaired) electrons. The molecule has 2 aromatic carbocycles. The van der Waals surface area contributed by atoms with Crippen LogP contribution in [0.3, 0.4) is 0 Å². The Bertz CT molecular complexity index is 600. The summed E-state index contributed by atoms with van der Waals surface area (Å²) in [6.07, 6.45) is 8.97. The second-order valence-electron chi connectivity index (χ2n) is 6.31. The molecule has 2 heteroatoms. The third-order valence-corrected chi connectivity index (χ3v) is 4.92. The summed E-state index contributed by atoms with van der Waals surface area (Å²) < 4.78 is 13.9. The van der Waals surface area contributed by atoms with Gasteiger partial charge in [-0.3, -0.25) is 0 Å². The van der Waals surface area contributed by atoms with E-state index in [0.717, 1.165) is 10.9 Å². The first-order valence-corrected chi connectivity index (χ1v) is 8.20. The quantitative estimate of drug-likeness (QED) is 0.792. The average molecular weight is 285 g/mol. The zero-order valence-corrected chi connectivity index (χ0v) is 12.5. The van der Waals surface area contributed by atoms with Gasteiger partial charge in [0.1, 0.15) is 5.82 Å². The van der Waals surface area contributed by atoms with E-state index in [-0.39, 0.29) is 11.9 Å². The van der Waals surface area contributed by atoms with Gasteiger partial charge in [-0.2, -0.15) is 0 Å². The van der Waals surface area contributed by atoms with Gasteiger partial charge in [0.05, 0.1) is 0 Å². The first-order chi connectivity index (χ1) is 10.3. The number of benzene rings is 2. The zero-order valence-electron chi connectivity index (χ0n) is 12.5. The topological polar surface area (TPSA) is 26.0 Å². The molecule has 0 aliphatic heterocycles. The molecule has 1 aliphatic rings. The van der Waals surface area contributed by atoms with E-state index in [9.17, 15) is 4.39 Å². The molecule has 3 rings (SSSR count). The Kier molecular flexibility index (Phi) is 4.54. The molecule has 0 heterocycles. The number of rotatable bonds is 2. The van der Waals surface area contributed by atoms with Crippen LogP contribution >= 0.6 is 0 Å². The predicted molar refractivity (Wildman–Crippen MR) is 86.6 cm³/mol. The second-order valence-corrected chi connectivity index (χ2v) is 6.31. The zero-order chi connectivity index (χ0) is 14.7. The number of fused-ring (bicyclic) bond motifs is 1. The highest BCUT2D eigenvalue weighted by Crippen LogP contribution is 2.35. The molecule has 2 N–H and O–H groups in total. The molecule has 0 spiro atoms. The van der Waals surface area contributed by atoms with Crippen LogP contribution < -0.4 is 5.73 Å². The SMILES string of the molecule is NC(c1ccc(F)c2ccccc12)C1CCCCCCC1. The fourth-order valence-corrected chi connectivity index (χ4v) is 3.68. The maximum absolute atomic E-state index is 13.9. The molecule has 1 fully saturated rings. The minimum absolute atomic E-state index is 0.0219. The molecular formula is C19H24FN. The van der Waals surface area contributed by atoms with Crippen molar-refractivity contribution in [2.24, 2.45) is 11.7 Å². The van der Waals surface area contributed by atoms with Crippen molar-refractivity contribution in [3.63, 3.8) is 0 Å². The van der Waals surface area contributed by atoms with E-state index in [0.29, 0.717) is 11.3 Å². The van der Waals surface area contributed by atoms with Gasteiger partial charge in [0.15, 0.2) is 0 Å². The van der Waals surface area contributed by atoms with E-state index < -0.39 is 0 Å². The molecule has 1 nitrogen and oxygen atoms in total. The highest BCUT2D eigenvalue weighted by atomic mass is 19.1. The van der Waals surface area contributed by atoms with Crippen LogP contribution in [-0.2, 0) is 0 Å². The number of nitrogens with two attached hydrogens (primary N) is 1. The van der Waals surface area contributed by atoms with Crippen molar-refractivity contribution >= 4 is 10.8 Å². The molecule has 112 valence electrons. The Morgan fingerprint density at radius 1 is 0.857 bits per heavy atom. The summed E-state index contributed by atoms with van der Waals surface area (Å²) in [5, 5.41) is 1.67. The van der Waals surface area contributed by atoms with Gasteiger partial charge < -0.3 is 5.73 Å². The van der Waals surface area contributed by atoms with Crippen molar-refractivity contribution in [2.75, 3.05) is 0 Å². The Labute approximate surface area is 126 Å². The first kappa shape index (κ1) is 14.5. The summed E-state index contributed by atoms with van der Waals surface area (Å²) in [6.45, 7) is 0. The molecule has 1 aliphatic carbocycles. The molecule has 0 amide bonds. The van der Waals surface area contributed by atoms with Crippen LogP contribution in [-0.4, -0.2) is 0 Å². The summed E-state index contributed by atoms with van der Waals surface area (Å²) in [4.78, 5) is 0. The molecule has 1 atom stereocenters. The molecule has 0 aromatic heterocycles. The maximum atomic E-state index is 13.9. The minimum Gasteiger partial charge on any atom is -0.324 e. The van der Waals surface area contributed by atoms with Crippen molar-refractivity contribution in [1.82, 2.24) is 0 Å². The average Bonchev–Trinajstić information content (AvgIpc) is 2.47. The van der Waals surface area contributed by atoms with Crippen LogP contribution in [0.1, 0.15) is 56.6 Å². The van der Waals surface area contributed by atoms with Crippen molar-refractivity contribution < 1.29 is 4.39 Å². The number of hydrogen-bond acceptors (Lipinski definition) is 1. The van der Waals surface area contributed by atoms with Crippen LogP contribution in [0.2, 0.25) is 0 Å². The van der Waals surface area contributed by atoms with E-state index in [2.05, 4.69) is 0 Å². The third-order valence-electron chi connectivity index (χ3n) is 4.92. The van der Waals surface area contributed by atoms with Crippen molar-refractivity contribution in [3.05, 3.63) is 47.8 Å². The van der Waals surface area contributed by atoms with Gasteiger partial charge in [-0.25, -0.2) is 4.39 Å². The molecular weight excluding hydrogens is 261 g/mol. The standard InChI is InChI=1S/C19H24FN/c20-18-13-12-17(15-10-6-7-11-16(15)18)19(21)14-8-4-2-1-3-5-9-14/h6-7,10-14,19H,1-5,8-9,21H2. The molecule has 1 saturated carbocycles. The third kappa shape index (κ3) is 3.11. The Morgan fingerprint density at radius 2 is 1.48 bits per heavy atom. The molecule has 1 unspecified atom stereocenters. The smallest absolute Gasteiger partial charge is 0.131 e. The van der Waals surface area contributed by atoms with Crippen LogP contribution in [0.15, 0.2) is 36.4 Å². The Morgan fingerprint density at radius 3 is 2.19 bits per heavy atom. The minimum atomic E-state index is -0.154. The van der Waals surface area contributed by atoms with Gasteiger partial charge in [-0.15, -0.1) is 0 Å². The van der Waals surface area contributed by atoms with Gasteiger partial charge >= 0.3 is 0 Å². The summed E-state index contributed by atoms with van der Waals surface area (Å²) in [7, 11) is 0. The summed E-state index contributed by atoms with van der Waals surface area (Å²) in [5.74, 6) is 0.374.